The molecule has 0 saturated heterocycles. The molecule has 2 aromatic rings. The summed E-state index contributed by atoms with van der Waals surface area (Å²) in [7, 11) is 0. The van der Waals surface area contributed by atoms with Gasteiger partial charge in [0.1, 0.15) is 5.75 Å². The van der Waals surface area contributed by atoms with Crippen LogP contribution in [0.15, 0.2) is 40.9 Å². The molecular formula is C15H9BrO2. The van der Waals surface area contributed by atoms with Gasteiger partial charge in [-0.25, -0.2) is 0 Å². The van der Waals surface area contributed by atoms with E-state index in [1.165, 1.54) is 0 Å². The Morgan fingerprint density at radius 3 is 2.33 bits per heavy atom. The molecule has 0 spiro atoms. The van der Waals surface area contributed by atoms with E-state index in [4.69, 9.17) is 0 Å². The van der Waals surface area contributed by atoms with Crippen molar-refractivity contribution >= 4 is 33.9 Å². The van der Waals surface area contributed by atoms with Crippen molar-refractivity contribution in [3.05, 3.63) is 63.1 Å². The molecule has 3 rings (SSSR count). The van der Waals surface area contributed by atoms with E-state index in [0.29, 0.717) is 11.1 Å². The maximum absolute atomic E-state index is 12.4. The molecule has 3 heteroatoms. The number of phenols is 1. The zero-order chi connectivity index (χ0) is 12.7. The lowest BCUT2D eigenvalue weighted by atomic mass is 9.92. The first-order valence-corrected chi connectivity index (χ1v) is 6.30. The molecule has 0 aliphatic heterocycles. The SMILES string of the molecule is O=C(c1cc2c(cc1O)C=C2)c1ccccc1Br. The Bertz CT molecular complexity index is 687. The standard InChI is InChI=1S/C15H9BrO2/c16-13-4-2-1-3-11(13)15(18)12-7-9-5-6-10(9)8-14(12)17/h1-8,17H. The molecule has 0 heterocycles. The molecule has 2 aromatic carbocycles. The molecule has 2 nitrogen and oxygen atoms in total. The van der Waals surface area contributed by atoms with Gasteiger partial charge in [-0.2, -0.15) is 0 Å². The van der Waals surface area contributed by atoms with E-state index in [9.17, 15) is 9.90 Å². The summed E-state index contributed by atoms with van der Waals surface area (Å²) in [6, 6.07) is 10.6. The first-order valence-electron chi connectivity index (χ1n) is 5.51. The van der Waals surface area contributed by atoms with Crippen LogP contribution >= 0.6 is 15.9 Å². The number of aromatic hydroxyl groups is 1. The molecule has 0 bridgehead atoms. The highest BCUT2D eigenvalue weighted by molar-refractivity contribution is 9.10. The van der Waals surface area contributed by atoms with Crippen LogP contribution in [0.25, 0.3) is 12.2 Å². The predicted molar refractivity (Wildman–Crippen MR) is 74.6 cm³/mol. The lowest BCUT2D eigenvalue weighted by Gasteiger charge is -2.13. The van der Waals surface area contributed by atoms with Gasteiger partial charge in [0.2, 0.25) is 0 Å². The van der Waals surface area contributed by atoms with Gasteiger partial charge in [-0.1, -0.05) is 40.2 Å². The Kier molecular flexibility index (Phi) is 2.56. The quantitative estimate of drug-likeness (QED) is 0.730. The van der Waals surface area contributed by atoms with Gasteiger partial charge >= 0.3 is 0 Å². The van der Waals surface area contributed by atoms with Crippen molar-refractivity contribution < 1.29 is 9.90 Å². The third kappa shape index (κ3) is 1.68. The summed E-state index contributed by atoms with van der Waals surface area (Å²) in [5, 5.41) is 9.90. The summed E-state index contributed by atoms with van der Waals surface area (Å²) in [6.07, 6.45) is 3.83. The van der Waals surface area contributed by atoms with Crippen molar-refractivity contribution in [2.45, 2.75) is 0 Å². The van der Waals surface area contributed by atoms with Crippen molar-refractivity contribution in [3.8, 4) is 5.75 Å². The van der Waals surface area contributed by atoms with Gasteiger partial charge in [0.15, 0.2) is 5.78 Å². The average Bonchev–Trinajstić information content (AvgIpc) is 2.34. The van der Waals surface area contributed by atoms with E-state index in [1.807, 2.05) is 24.3 Å². The van der Waals surface area contributed by atoms with E-state index >= 15 is 0 Å². The molecule has 18 heavy (non-hydrogen) atoms. The van der Waals surface area contributed by atoms with Crippen LogP contribution in [0.1, 0.15) is 27.0 Å². The van der Waals surface area contributed by atoms with Gasteiger partial charge in [0.05, 0.1) is 5.56 Å². The van der Waals surface area contributed by atoms with Crippen LogP contribution in [0.5, 0.6) is 5.75 Å². The summed E-state index contributed by atoms with van der Waals surface area (Å²) in [4.78, 5) is 12.4. The van der Waals surface area contributed by atoms with Crippen LogP contribution in [0.2, 0.25) is 0 Å². The van der Waals surface area contributed by atoms with Gasteiger partial charge in [-0.15, -0.1) is 0 Å². The van der Waals surface area contributed by atoms with Crippen molar-refractivity contribution in [3.63, 3.8) is 0 Å². The molecule has 0 fully saturated rings. The zero-order valence-corrected chi connectivity index (χ0v) is 10.9. The fourth-order valence-electron chi connectivity index (χ4n) is 1.97. The van der Waals surface area contributed by atoms with Crippen LogP contribution < -0.4 is 0 Å². The third-order valence-electron chi connectivity index (χ3n) is 3.01. The van der Waals surface area contributed by atoms with Crippen molar-refractivity contribution in [2.24, 2.45) is 0 Å². The van der Waals surface area contributed by atoms with Gasteiger partial charge < -0.3 is 5.11 Å². The maximum Gasteiger partial charge on any atom is 0.197 e. The van der Waals surface area contributed by atoms with Gasteiger partial charge in [0.25, 0.3) is 0 Å². The van der Waals surface area contributed by atoms with Crippen LogP contribution in [-0.2, 0) is 0 Å². The number of fused-ring (bicyclic) bond motifs is 1. The molecule has 0 saturated carbocycles. The van der Waals surface area contributed by atoms with Crippen molar-refractivity contribution in [1.29, 1.82) is 0 Å². The molecule has 1 aliphatic rings. The minimum Gasteiger partial charge on any atom is -0.507 e. The normalized spacial score (nSPS) is 11.8. The lowest BCUT2D eigenvalue weighted by molar-refractivity contribution is 0.103. The summed E-state index contributed by atoms with van der Waals surface area (Å²) in [5.41, 5.74) is 2.85. The summed E-state index contributed by atoms with van der Waals surface area (Å²) in [6.45, 7) is 0. The Morgan fingerprint density at radius 1 is 1.00 bits per heavy atom. The zero-order valence-electron chi connectivity index (χ0n) is 9.35. The first-order chi connectivity index (χ1) is 8.66. The fraction of sp³-hybridized carbons (Fsp3) is 0. The molecule has 0 aromatic heterocycles. The van der Waals surface area contributed by atoms with Gasteiger partial charge in [0, 0.05) is 10.0 Å². The predicted octanol–water partition coefficient (Wildman–Crippen LogP) is 3.87. The number of hydrogen-bond donors (Lipinski definition) is 1. The monoisotopic (exact) mass is 300 g/mol. The van der Waals surface area contributed by atoms with Crippen LogP contribution in [0.4, 0.5) is 0 Å². The largest absolute Gasteiger partial charge is 0.507 e. The molecule has 88 valence electrons. The Hall–Kier alpha value is -1.87. The Labute approximate surface area is 113 Å². The summed E-state index contributed by atoms with van der Waals surface area (Å²) >= 11 is 3.35. The number of benzene rings is 2. The minimum atomic E-state index is -0.178. The second-order valence-electron chi connectivity index (χ2n) is 4.14. The maximum atomic E-state index is 12.4. The molecule has 0 amide bonds. The van der Waals surface area contributed by atoms with Crippen molar-refractivity contribution in [1.82, 2.24) is 0 Å². The topological polar surface area (TPSA) is 37.3 Å². The molecule has 0 radical (unpaired) electrons. The molecule has 0 unspecified atom stereocenters. The number of hydrogen-bond acceptors (Lipinski definition) is 2. The van der Waals surface area contributed by atoms with Crippen LogP contribution in [-0.4, -0.2) is 10.9 Å². The lowest BCUT2D eigenvalue weighted by Crippen LogP contribution is -2.05. The fourth-order valence-corrected chi connectivity index (χ4v) is 2.43. The number of carbonyl (C=O) groups is 1. The third-order valence-corrected chi connectivity index (χ3v) is 3.70. The highest BCUT2D eigenvalue weighted by atomic mass is 79.9. The summed E-state index contributed by atoms with van der Waals surface area (Å²) < 4.78 is 0.729. The van der Waals surface area contributed by atoms with E-state index in [-0.39, 0.29) is 11.5 Å². The molecule has 0 atom stereocenters. The van der Waals surface area contributed by atoms with Crippen LogP contribution in [0, 0.1) is 0 Å². The molecule has 1 N–H and O–H groups in total. The highest BCUT2D eigenvalue weighted by Crippen LogP contribution is 2.32. The van der Waals surface area contributed by atoms with E-state index < -0.39 is 0 Å². The molecule has 1 aliphatic carbocycles. The smallest absolute Gasteiger partial charge is 0.197 e. The molecular weight excluding hydrogens is 292 g/mol. The van der Waals surface area contributed by atoms with Gasteiger partial charge in [-0.05, 0) is 35.4 Å². The Morgan fingerprint density at radius 2 is 1.67 bits per heavy atom. The second-order valence-corrected chi connectivity index (χ2v) is 4.99. The number of rotatable bonds is 2. The number of phenolic OH excluding ortho intramolecular Hbond substituents is 1. The van der Waals surface area contributed by atoms with Crippen molar-refractivity contribution in [2.75, 3.05) is 0 Å². The minimum absolute atomic E-state index is 0.0267. The van der Waals surface area contributed by atoms with Crippen LogP contribution in [0.3, 0.4) is 0 Å². The number of halogens is 1. The van der Waals surface area contributed by atoms with Gasteiger partial charge in [-0.3, -0.25) is 4.79 Å². The van der Waals surface area contributed by atoms with E-state index in [1.54, 1.807) is 24.3 Å². The van der Waals surface area contributed by atoms with E-state index in [2.05, 4.69) is 15.9 Å². The number of carbonyl (C=O) groups excluding carboxylic acids is 1. The highest BCUT2D eigenvalue weighted by Gasteiger charge is 2.19. The second kappa shape index (κ2) is 4.10. The average molecular weight is 301 g/mol. The van der Waals surface area contributed by atoms with E-state index in [0.717, 1.165) is 15.6 Å². The number of ketones is 1. The Balaban J connectivity index is 2.09. The first kappa shape index (κ1) is 11.2. The summed E-state index contributed by atoms with van der Waals surface area (Å²) in [5.74, 6) is -0.151.